The summed E-state index contributed by atoms with van der Waals surface area (Å²) in [4.78, 5) is 13.3. The lowest BCUT2D eigenvalue weighted by molar-refractivity contribution is 0.0937. The number of nitrogens with zero attached hydrogens (tertiary/aromatic N) is 1. The third-order valence-corrected chi connectivity index (χ3v) is 8.15. The maximum Gasteiger partial charge on any atom is 0.261 e. The van der Waals surface area contributed by atoms with Gasteiger partial charge in [0.05, 0.1) is 9.77 Å². The Balaban J connectivity index is 1.67. The predicted molar refractivity (Wildman–Crippen MR) is 101 cm³/mol. The SMILES string of the molecule is O=C(NC1CCCCCC1)c1cc(S(=O)(=O)N2CCCCCC2)cs1. The Labute approximate surface area is 154 Å². The molecule has 0 unspecified atom stereocenters. The van der Waals surface area contributed by atoms with Crippen molar-refractivity contribution in [3.63, 3.8) is 0 Å². The largest absolute Gasteiger partial charge is 0.349 e. The molecule has 7 heteroatoms. The van der Waals surface area contributed by atoms with Crippen molar-refractivity contribution in [3.8, 4) is 0 Å². The molecule has 3 rings (SSSR count). The van der Waals surface area contributed by atoms with Gasteiger partial charge in [-0.15, -0.1) is 11.3 Å². The second-order valence-electron chi connectivity index (χ2n) is 7.13. The zero-order valence-corrected chi connectivity index (χ0v) is 16.3. The molecule has 2 aliphatic rings. The van der Waals surface area contributed by atoms with Crippen LogP contribution >= 0.6 is 11.3 Å². The predicted octanol–water partition coefficient (Wildman–Crippen LogP) is 3.77. The lowest BCUT2D eigenvalue weighted by Crippen LogP contribution is -2.34. The number of amides is 1. The van der Waals surface area contributed by atoms with Gasteiger partial charge < -0.3 is 5.32 Å². The molecule has 1 aromatic heterocycles. The van der Waals surface area contributed by atoms with Gasteiger partial charge in [-0.2, -0.15) is 4.31 Å². The smallest absolute Gasteiger partial charge is 0.261 e. The summed E-state index contributed by atoms with van der Waals surface area (Å²) in [5, 5.41) is 4.71. The van der Waals surface area contributed by atoms with Crippen LogP contribution in [0.5, 0.6) is 0 Å². The van der Waals surface area contributed by atoms with Gasteiger partial charge in [0.15, 0.2) is 0 Å². The molecule has 1 aromatic rings. The first-order valence-corrected chi connectivity index (χ1v) is 11.8. The van der Waals surface area contributed by atoms with Crippen molar-refractivity contribution in [3.05, 3.63) is 16.3 Å². The fourth-order valence-corrected chi connectivity index (χ4v) is 6.37. The summed E-state index contributed by atoms with van der Waals surface area (Å²) in [6, 6.07) is 1.78. The zero-order valence-electron chi connectivity index (χ0n) is 14.7. The Hall–Kier alpha value is -0.920. The maximum atomic E-state index is 12.8. The highest BCUT2D eigenvalue weighted by atomic mass is 32.2. The van der Waals surface area contributed by atoms with E-state index in [2.05, 4.69) is 5.32 Å². The van der Waals surface area contributed by atoms with E-state index < -0.39 is 10.0 Å². The van der Waals surface area contributed by atoms with E-state index in [0.717, 1.165) is 51.4 Å². The number of carbonyl (C=O) groups is 1. The molecule has 0 aromatic carbocycles. The highest BCUT2D eigenvalue weighted by Crippen LogP contribution is 2.25. The van der Waals surface area contributed by atoms with Gasteiger partial charge in [-0.05, 0) is 31.7 Å². The van der Waals surface area contributed by atoms with E-state index in [1.165, 1.54) is 24.2 Å². The highest BCUT2D eigenvalue weighted by molar-refractivity contribution is 7.89. The van der Waals surface area contributed by atoms with E-state index in [1.54, 1.807) is 15.8 Å². The molecule has 2 fully saturated rings. The van der Waals surface area contributed by atoms with Crippen LogP contribution in [-0.2, 0) is 10.0 Å². The minimum Gasteiger partial charge on any atom is -0.349 e. The Kier molecular flexibility index (Phi) is 6.52. The maximum absolute atomic E-state index is 12.8. The normalized spacial score (nSPS) is 21.4. The number of nitrogens with one attached hydrogen (secondary N) is 1. The van der Waals surface area contributed by atoms with Crippen LogP contribution < -0.4 is 5.32 Å². The van der Waals surface area contributed by atoms with Gasteiger partial charge >= 0.3 is 0 Å². The number of hydrogen-bond acceptors (Lipinski definition) is 4. The molecule has 1 saturated carbocycles. The van der Waals surface area contributed by atoms with Gasteiger partial charge in [0, 0.05) is 24.5 Å². The molecule has 1 saturated heterocycles. The van der Waals surface area contributed by atoms with Crippen molar-refractivity contribution in [1.29, 1.82) is 0 Å². The van der Waals surface area contributed by atoms with Crippen molar-refractivity contribution < 1.29 is 13.2 Å². The Morgan fingerprint density at radius 2 is 1.60 bits per heavy atom. The minimum absolute atomic E-state index is 0.130. The molecular weight excluding hydrogens is 356 g/mol. The second kappa shape index (κ2) is 8.64. The quantitative estimate of drug-likeness (QED) is 0.804. The van der Waals surface area contributed by atoms with Crippen LogP contribution in [0, 0.1) is 0 Å². The third-order valence-electron chi connectivity index (χ3n) is 5.19. The fourth-order valence-electron chi connectivity index (χ4n) is 3.68. The van der Waals surface area contributed by atoms with Crippen molar-refractivity contribution in [2.45, 2.75) is 75.1 Å². The average molecular weight is 385 g/mol. The molecular formula is C18H28N2O3S2. The van der Waals surface area contributed by atoms with E-state index in [4.69, 9.17) is 0 Å². The Morgan fingerprint density at radius 3 is 2.24 bits per heavy atom. The van der Waals surface area contributed by atoms with Gasteiger partial charge in [-0.3, -0.25) is 4.79 Å². The Morgan fingerprint density at radius 1 is 1.00 bits per heavy atom. The fraction of sp³-hybridized carbons (Fsp3) is 0.722. The van der Waals surface area contributed by atoms with Crippen LogP contribution in [0.15, 0.2) is 16.3 Å². The first kappa shape index (κ1) is 18.9. The van der Waals surface area contributed by atoms with Gasteiger partial charge in [0.2, 0.25) is 10.0 Å². The molecule has 0 bridgehead atoms. The van der Waals surface area contributed by atoms with Gasteiger partial charge in [0.1, 0.15) is 0 Å². The number of sulfonamides is 1. The molecule has 0 radical (unpaired) electrons. The van der Waals surface area contributed by atoms with Crippen molar-refractivity contribution >= 4 is 27.3 Å². The van der Waals surface area contributed by atoms with Crippen molar-refractivity contribution in [2.75, 3.05) is 13.1 Å². The average Bonchev–Trinajstić information content (AvgIpc) is 2.78. The van der Waals surface area contributed by atoms with E-state index in [0.29, 0.717) is 18.0 Å². The van der Waals surface area contributed by atoms with Crippen LogP contribution in [0.2, 0.25) is 0 Å². The number of thiophene rings is 1. The topological polar surface area (TPSA) is 66.5 Å². The molecule has 25 heavy (non-hydrogen) atoms. The van der Waals surface area contributed by atoms with E-state index in [-0.39, 0.29) is 16.8 Å². The first-order valence-electron chi connectivity index (χ1n) is 9.47. The standard InChI is InChI=1S/C18H28N2O3S2/c21-18(19-15-9-5-1-2-6-10-15)17-13-16(14-24-17)25(22,23)20-11-7-3-4-8-12-20/h13-15H,1-12H2,(H,19,21). The van der Waals surface area contributed by atoms with Gasteiger partial charge in [-0.25, -0.2) is 8.42 Å². The summed E-state index contributed by atoms with van der Waals surface area (Å²) >= 11 is 1.23. The van der Waals surface area contributed by atoms with Crippen LogP contribution in [0.3, 0.4) is 0 Å². The van der Waals surface area contributed by atoms with Crippen LogP contribution in [-0.4, -0.2) is 37.8 Å². The van der Waals surface area contributed by atoms with Crippen molar-refractivity contribution in [1.82, 2.24) is 9.62 Å². The molecule has 1 N–H and O–H groups in total. The molecule has 0 spiro atoms. The molecule has 0 atom stereocenters. The van der Waals surface area contributed by atoms with E-state index in [9.17, 15) is 13.2 Å². The summed E-state index contributed by atoms with van der Waals surface area (Å²) in [7, 11) is -3.47. The zero-order chi connectivity index (χ0) is 17.7. The lowest BCUT2D eigenvalue weighted by Gasteiger charge is -2.18. The van der Waals surface area contributed by atoms with Gasteiger partial charge in [-0.1, -0.05) is 38.5 Å². The van der Waals surface area contributed by atoms with Crippen LogP contribution in [0.1, 0.15) is 73.9 Å². The minimum atomic E-state index is -3.47. The summed E-state index contributed by atoms with van der Waals surface area (Å²) in [6.07, 6.45) is 10.8. The molecule has 5 nitrogen and oxygen atoms in total. The number of hydrogen-bond donors (Lipinski definition) is 1. The summed E-state index contributed by atoms with van der Waals surface area (Å²) < 4.78 is 27.2. The summed E-state index contributed by atoms with van der Waals surface area (Å²) in [5.41, 5.74) is 0. The lowest BCUT2D eigenvalue weighted by atomic mass is 10.1. The van der Waals surface area contributed by atoms with E-state index >= 15 is 0 Å². The molecule has 1 amide bonds. The van der Waals surface area contributed by atoms with Crippen LogP contribution in [0.25, 0.3) is 0 Å². The number of rotatable bonds is 4. The molecule has 1 aliphatic carbocycles. The summed E-state index contributed by atoms with van der Waals surface area (Å²) in [5.74, 6) is -0.130. The third kappa shape index (κ3) is 4.83. The number of carbonyl (C=O) groups excluding carboxylic acids is 1. The van der Waals surface area contributed by atoms with E-state index in [1.807, 2.05) is 0 Å². The van der Waals surface area contributed by atoms with Gasteiger partial charge in [0.25, 0.3) is 5.91 Å². The second-order valence-corrected chi connectivity index (χ2v) is 9.98. The highest BCUT2D eigenvalue weighted by Gasteiger charge is 2.27. The Bertz CT molecular complexity index is 668. The molecule has 1 aliphatic heterocycles. The molecule has 140 valence electrons. The van der Waals surface area contributed by atoms with Crippen molar-refractivity contribution in [2.24, 2.45) is 0 Å². The van der Waals surface area contributed by atoms with Crippen LogP contribution in [0.4, 0.5) is 0 Å². The monoisotopic (exact) mass is 384 g/mol. The first-order chi connectivity index (χ1) is 12.1. The molecule has 2 heterocycles. The summed E-state index contributed by atoms with van der Waals surface area (Å²) in [6.45, 7) is 1.17.